The molecule has 4 heteroatoms. The minimum atomic E-state index is 0.175. The molecule has 28 heavy (non-hydrogen) atoms. The molecule has 0 aromatic heterocycles. The van der Waals surface area contributed by atoms with Gasteiger partial charge in [-0.05, 0) is 80.6 Å². The van der Waals surface area contributed by atoms with Crippen LogP contribution in [0.5, 0.6) is 5.75 Å². The number of methoxy groups -OCH3 is 1. The predicted octanol–water partition coefficient (Wildman–Crippen LogP) is 4.45. The number of rotatable bonds is 5. The first-order valence-corrected chi connectivity index (χ1v) is 10.5. The highest BCUT2D eigenvalue weighted by Gasteiger charge is 2.29. The molecule has 0 spiro atoms. The quantitative estimate of drug-likeness (QED) is 0.770. The molecule has 0 aliphatic carbocycles. The number of piperidine rings is 1. The van der Waals surface area contributed by atoms with Crippen LogP contribution in [-0.2, 0) is 0 Å². The second kappa shape index (κ2) is 8.78. The lowest BCUT2D eigenvalue weighted by Crippen LogP contribution is -2.49. The Morgan fingerprint density at radius 1 is 0.964 bits per heavy atom. The number of ether oxygens (including phenoxy) is 1. The third-order valence-electron chi connectivity index (χ3n) is 6.07. The molecule has 1 atom stereocenters. The van der Waals surface area contributed by atoms with E-state index in [1.807, 2.05) is 36.4 Å². The van der Waals surface area contributed by atoms with Gasteiger partial charge in [-0.2, -0.15) is 0 Å². The van der Waals surface area contributed by atoms with Crippen molar-refractivity contribution in [3.63, 3.8) is 0 Å². The second-order valence-corrected chi connectivity index (χ2v) is 7.97. The van der Waals surface area contributed by atoms with E-state index in [1.165, 1.54) is 32.4 Å². The standard InChI is InChI=1S/C24H30N2O2/c1-28-23-12-7-9-20(17-23)19-8-6-10-21(16-19)24(27)26-15-3-2-11-22(26)18-25-13-4-5-14-25/h6-10,12,16-17,22H,2-5,11,13-15,18H2,1H3/t22-/m0/s1. The summed E-state index contributed by atoms with van der Waals surface area (Å²) in [5.41, 5.74) is 2.91. The largest absolute Gasteiger partial charge is 0.497 e. The number of hydrogen-bond acceptors (Lipinski definition) is 3. The molecule has 4 nitrogen and oxygen atoms in total. The zero-order valence-electron chi connectivity index (χ0n) is 16.8. The van der Waals surface area contributed by atoms with Crippen LogP contribution in [0, 0.1) is 0 Å². The lowest BCUT2D eigenvalue weighted by molar-refractivity contribution is 0.0560. The molecule has 148 valence electrons. The van der Waals surface area contributed by atoms with Crippen molar-refractivity contribution in [1.82, 2.24) is 9.80 Å². The summed E-state index contributed by atoms with van der Waals surface area (Å²) in [6, 6.07) is 16.4. The zero-order chi connectivity index (χ0) is 19.3. The molecule has 2 aliphatic heterocycles. The predicted molar refractivity (Wildman–Crippen MR) is 113 cm³/mol. The van der Waals surface area contributed by atoms with E-state index in [0.29, 0.717) is 6.04 Å². The minimum Gasteiger partial charge on any atom is -0.497 e. The van der Waals surface area contributed by atoms with Crippen molar-refractivity contribution in [2.75, 3.05) is 33.3 Å². The van der Waals surface area contributed by atoms with Gasteiger partial charge in [0.1, 0.15) is 5.75 Å². The summed E-state index contributed by atoms with van der Waals surface area (Å²) in [4.78, 5) is 18.0. The molecule has 0 bridgehead atoms. The van der Waals surface area contributed by atoms with Crippen LogP contribution in [0.2, 0.25) is 0 Å². The van der Waals surface area contributed by atoms with Crippen LogP contribution in [0.4, 0.5) is 0 Å². The van der Waals surface area contributed by atoms with Crippen LogP contribution in [0.1, 0.15) is 42.5 Å². The van der Waals surface area contributed by atoms with Gasteiger partial charge in [-0.15, -0.1) is 0 Å². The third-order valence-corrected chi connectivity index (χ3v) is 6.07. The smallest absolute Gasteiger partial charge is 0.254 e. The van der Waals surface area contributed by atoms with Crippen LogP contribution in [0.3, 0.4) is 0 Å². The van der Waals surface area contributed by atoms with Gasteiger partial charge in [-0.25, -0.2) is 0 Å². The monoisotopic (exact) mass is 378 g/mol. The van der Waals surface area contributed by atoms with Gasteiger partial charge in [0, 0.05) is 24.7 Å². The maximum absolute atomic E-state index is 13.4. The Balaban J connectivity index is 1.54. The maximum atomic E-state index is 13.4. The second-order valence-electron chi connectivity index (χ2n) is 7.97. The SMILES string of the molecule is COc1cccc(-c2cccc(C(=O)N3CCCC[C@H]3CN3CCCC3)c2)c1. The molecule has 2 fully saturated rings. The van der Waals surface area contributed by atoms with Crippen molar-refractivity contribution < 1.29 is 9.53 Å². The van der Waals surface area contributed by atoms with Crippen LogP contribution in [0.25, 0.3) is 11.1 Å². The Morgan fingerprint density at radius 2 is 1.68 bits per heavy atom. The molecule has 0 saturated carbocycles. The first-order chi connectivity index (χ1) is 13.7. The Morgan fingerprint density at radius 3 is 2.46 bits per heavy atom. The van der Waals surface area contributed by atoms with Gasteiger partial charge < -0.3 is 14.5 Å². The lowest BCUT2D eigenvalue weighted by Gasteiger charge is -2.38. The summed E-state index contributed by atoms with van der Waals surface area (Å²) < 4.78 is 5.35. The molecule has 0 radical (unpaired) electrons. The fraction of sp³-hybridized carbons (Fsp3) is 0.458. The number of likely N-dealkylation sites (tertiary alicyclic amines) is 2. The average molecular weight is 379 g/mol. The van der Waals surface area contributed by atoms with Gasteiger partial charge >= 0.3 is 0 Å². The van der Waals surface area contributed by atoms with Gasteiger partial charge in [0.05, 0.1) is 7.11 Å². The molecule has 0 unspecified atom stereocenters. The molecule has 2 heterocycles. The number of carbonyl (C=O) groups excluding carboxylic acids is 1. The van der Waals surface area contributed by atoms with Gasteiger partial charge in [0.25, 0.3) is 5.91 Å². The topological polar surface area (TPSA) is 32.8 Å². The molecule has 2 aromatic rings. The molecule has 2 aromatic carbocycles. The summed E-state index contributed by atoms with van der Waals surface area (Å²) >= 11 is 0. The van der Waals surface area contributed by atoms with Crippen LogP contribution >= 0.6 is 0 Å². The normalized spacial score (nSPS) is 20.3. The van der Waals surface area contributed by atoms with Crippen molar-refractivity contribution in [3.8, 4) is 16.9 Å². The third kappa shape index (κ3) is 4.22. The summed E-state index contributed by atoms with van der Waals surface area (Å²) in [5, 5.41) is 0. The fourth-order valence-electron chi connectivity index (χ4n) is 4.52. The van der Waals surface area contributed by atoms with E-state index < -0.39 is 0 Å². The first kappa shape index (κ1) is 19.0. The summed E-state index contributed by atoms with van der Waals surface area (Å²) in [6.07, 6.45) is 6.05. The highest BCUT2D eigenvalue weighted by Crippen LogP contribution is 2.27. The molecular formula is C24H30N2O2. The highest BCUT2D eigenvalue weighted by molar-refractivity contribution is 5.95. The molecule has 4 rings (SSSR count). The van der Waals surface area contributed by atoms with Crippen molar-refractivity contribution in [1.29, 1.82) is 0 Å². The Kier molecular flexibility index (Phi) is 5.96. The van der Waals surface area contributed by atoms with Crippen molar-refractivity contribution in [2.24, 2.45) is 0 Å². The zero-order valence-corrected chi connectivity index (χ0v) is 16.8. The fourth-order valence-corrected chi connectivity index (χ4v) is 4.52. The van der Waals surface area contributed by atoms with E-state index in [1.54, 1.807) is 7.11 Å². The lowest BCUT2D eigenvalue weighted by atomic mass is 9.98. The van der Waals surface area contributed by atoms with E-state index in [0.717, 1.165) is 48.4 Å². The molecule has 2 saturated heterocycles. The summed E-state index contributed by atoms with van der Waals surface area (Å²) in [6.45, 7) is 4.27. The van der Waals surface area contributed by atoms with Gasteiger partial charge in [0.2, 0.25) is 0 Å². The van der Waals surface area contributed by atoms with Crippen molar-refractivity contribution in [3.05, 3.63) is 54.1 Å². The van der Waals surface area contributed by atoms with Gasteiger partial charge in [0.15, 0.2) is 0 Å². The van der Waals surface area contributed by atoms with E-state index in [2.05, 4.69) is 21.9 Å². The van der Waals surface area contributed by atoms with Crippen LogP contribution < -0.4 is 4.74 Å². The van der Waals surface area contributed by atoms with Crippen LogP contribution in [0.15, 0.2) is 48.5 Å². The summed E-state index contributed by atoms with van der Waals surface area (Å²) in [5.74, 6) is 1.00. The molecule has 1 amide bonds. The molecular weight excluding hydrogens is 348 g/mol. The Labute approximate surface area is 168 Å². The summed E-state index contributed by atoms with van der Waals surface area (Å²) in [7, 11) is 1.68. The van der Waals surface area contributed by atoms with Crippen LogP contribution in [-0.4, -0.2) is 55.0 Å². The number of hydrogen-bond donors (Lipinski definition) is 0. The van der Waals surface area contributed by atoms with E-state index in [4.69, 9.17) is 4.74 Å². The molecule has 0 N–H and O–H groups in total. The number of amides is 1. The Hall–Kier alpha value is -2.33. The Bertz CT molecular complexity index is 814. The number of benzene rings is 2. The van der Waals surface area contributed by atoms with Gasteiger partial charge in [-0.3, -0.25) is 4.79 Å². The first-order valence-electron chi connectivity index (χ1n) is 10.5. The number of carbonyl (C=O) groups is 1. The van der Waals surface area contributed by atoms with E-state index in [-0.39, 0.29) is 5.91 Å². The van der Waals surface area contributed by atoms with Crippen molar-refractivity contribution >= 4 is 5.91 Å². The van der Waals surface area contributed by atoms with E-state index >= 15 is 0 Å². The van der Waals surface area contributed by atoms with Gasteiger partial charge in [-0.1, -0.05) is 24.3 Å². The number of nitrogens with zero attached hydrogens (tertiary/aromatic N) is 2. The van der Waals surface area contributed by atoms with Crippen molar-refractivity contribution in [2.45, 2.75) is 38.1 Å². The minimum absolute atomic E-state index is 0.175. The maximum Gasteiger partial charge on any atom is 0.254 e. The average Bonchev–Trinajstić information content (AvgIpc) is 3.27. The van der Waals surface area contributed by atoms with E-state index in [9.17, 15) is 4.79 Å². The molecule has 2 aliphatic rings. The highest BCUT2D eigenvalue weighted by atomic mass is 16.5.